The lowest BCUT2D eigenvalue weighted by atomic mass is 9.93. The summed E-state index contributed by atoms with van der Waals surface area (Å²) in [5.74, 6) is 0.0991. The second-order valence-corrected chi connectivity index (χ2v) is 5.70. The fraction of sp³-hybridized carbons (Fsp3) is 0.333. The fourth-order valence-corrected chi connectivity index (χ4v) is 2.50. The van der Waals surface area contributed by atoms with E-state index in [-0.39, 0.29) is 5.82 Å². The second-order valence-electron chi connectivity index (χ2n) is 5.70. The van der Waals surface area contributed by atoms with Crippen LogP contribution in [0.2, 0.25) is 0 Å². The standard InChI is InChI=1S/C18H21FO/c1-11(2)14-5-7-15(8-6-14)18(20)17-13(4)9-12(3)10-16(17)19/h5-11,18,20H,1-4H3. The third kappa shape index (κ3) is 2.91. The predicted molar refractivity (Wildman–Crippen MR) is 80.5 cm³/mol. The monoisotopic (exact) mass is 272 g/mol. The highest BCUT2D eigenvalue weighted by Gasteiger charge is 2.18. The number of benzene rings is 2. The Bertz CT molecular complexity index is 576. The van der Waals surface area contributed by atoms with E-state index >= 15 is 0 Å². The van der Waals surface area contributed by atoms with Crippen LogP contribution in [0.3, 0.4) is 0 Å². The first-order valence-electron chi connectivity index (χ1n) is 6.94. The molecule has 1 unspecified atom stereocenters. The molecule has 1 nitrogen and oxygen atoms in total. The van der Waals surface area contributed by atoms with Crippen LogP contribution < -0.4 is 0 Å². The quantitative estimate of drug-likeness (QED) is 0.862. The van der Waals surface area contributed by atoms with Gasteiger partial charge in [0.1, 0.15) is 11.9 Å². The van der Waals surface area contributed by atoms with Crippen molar-refractivity contribution in [2.45, 2.75) is 39.7 Å². The Morgan fingerprint density at radius 2 is 1.50 bits per heavy atom. The number of aliphatic hydroxyl groups excluding tert-OH is 1. The zero-order valence-corrected chi connectivity index (χ0v) is 12.4. The largest absolute Gasteiger partial charge is 0.384 e. The highest BCUT2D eigenvalue weighted by atomic mass is 19.1. The first-order valence-corrected chi connectivity index (χ1v) is 6.94. The Kier molecular flexibility index (Phi) is 4.24. The molecule has 0 aliphatic rings. The van der Waals surface area contributed by atoms with E-state index in [0.717, 1.165) is 16.7 Å². The molecule has 2 rings (SSSR count). The van der Waals surface area contributed by atoms with Crippen molar-refractivity contribution >= 4 is 0 Å². The fourth-order valence-electron chi connectivity index (χ4n) is 2.50. The lowest BCUT2D eigenvalue weighted by Gasteiger charge is -2.17. The smallest absolute Gasteiger partial charge is 0.129 e. The minimum atomic E-state index is -0.920. The minimum Gasteiger partial charge on any atom is -0.384 e. The van der Waals surface area contributed by atoms with E-state index in [1.165, 1.54) is 11.6 Å². The van der Waals surface area contributed by atoms with Crippen LogP contribution in [0.25, 0.3) is 0 Å². The molecule has 1 atom stereocenters. The maximum absolute atomic E-state index is 14.1. The molecule has 2 aromatic carbocycles. The number of rotatable bonds is 3. The van der Waals surface area contributed by atoms with Crippen molar-refractivity contribution in [2.24, 2.45) is 0 Å². The molecule has 0 aliphatic heterocycles. The summed E-state index contributed by atoms with van der Waals surface area (Å²) in [7, 11) is 0. The van der Waals surface area contributed by atoms with Crippen LogP contribution >= 0.6 is 0 Å². The van der Waals surface area contributed by atoms with Gasteiger partial charge < -0.3 is 5.11 Å². The molecule has 0 saturated heterocycles. The Hall–Kier alpha value is -1.67. The maximum Gasteiger partial charge on any atom is 0.129 e. The molecular weight excluding hydrogens is 251 g/mol. The first-order chi connectivity index (χ1) is 9.40. The van der Waals surface area contributed by atoms with Gasteiger partial charge in [-0.2, -0.15) is 0 Å². The van der Waals surface area contributed by atoms with Gasteiger partial charge >= 0.3 is 0 Å². The van der Waals surface area contributed by atoms with E-state index in [1.807, 2.05) is 44.2 Å². The van der Waals surface area contributed by atoms with Gasteiger partial charge in [-0.3, -0.25) is 0 Å². The Labute approximate surface area is 120 Å². The molecule has 0 heterocycles. The van der Waals surface area contributed by atoms with Crippen LogP contribution in [0.15, 0.2) is 36.4 Å². The molecule has 20 heavy (non-hydrogen) atoms. The molecule has 2 heteroatoms. The lowest BCUT2D eigenvalue weighted by molar-refractivity contribution is 0.214. The van der Waals surface area contributed by atoms with E-state index in [9.17, 15) is 9.50 Å². The highest BCUT2D eigenvalue weighted by Crippen LogP contribution is 2.29. The Morgan fingerprint density at radius 1 is 0.950 bits per heavy atom. The summed E-state index contributed by atoms with van der Waals surface area (Å²) in [6.07, 6.45) is -0.920. The number of halogens is 1. The molecule has 0 aromatic heterocycles. The molecule has 0 amide bonds. The molecule has 0 spiro atoms. The van der Waals surface area contributed by atoms with Crippen molar-refractivity contribution in [1.82, 2.24) is 0 Å². The zero-order chi connectivity index (χ0) is 14.9. The summed E-state index contributed by atoms with van der Waals surface area (Å²) in [5, 5.41) is 10.4. The van der Waals surface area contributed by atoms with E-state index in [1.54, 1.807) is 0 Å². The molecule has 1 N–H and O–H groups in total. The van der Waals surface area contributed by atoms with Crippen LogP contribution in [-0.2, 0) is 0 Å². The minimum absolute atomic E-state index is 0.345. The summed E-state index contributed by atoms with van der Waals surface area (Å²) in [5.41, 5.74) is 3.95. The van der Waals surface area contributed by atoms with E-state index < -0.39 is 6.10 Å². The Morgan fingerprint density at radius 3 is 2.00 bits per heavy atom. The first kappa shape index (κ1) is 14.7. The molecule has 0 radical (unpaired) electrons. The molecule has 106 valence electrons. The third-order valence-electron chi connectivity index (χ3n) is 3.67. The van der Waals surface area contributed by atoms with Crippen molar-refractivity contribution in [2.75, 3.05) is 0 Å². The second kappa shape index (κ2) is 5.76. The van der Waals surface area contributed by atoms with Crippen molar-refractivity contribution in [3.8, 4) is 0 Å². The average Bonchev–Trinajstić information content (AvgIpc) is 2.37. The third-order valence-corrected chi connectivity index (χ3v) is 3.67. The van der Waals surface area contributed by atoms with Gasteiger partial charge in [0.25, 0.3) is 0 Å². The van der Waals surface area contributed by atoms with Gasteiger partial charge in [-0.1, -0.05) is 44.2 Å². The van der Waals surface area contributed by atoms with E-state index in [4.69, 9.17) is 0 Å². The van der Waals surface area contributed by atoms with Gasteiger partial charge in [0, 0.05) is 5.56 Å². The molecule has 2 aromatic rings. The van der Waals surface area contributed by atoms with Gasteiger partial charge in [0.2, 0.25) is 0 Å². The highest BCUT2D eigenvalue weighted by molar-refractivity contribution is 5.39. The van der Waals surface area contributed by atoms with Gasteiger partial charge in [-0.05, 0) is 48.1 Å². The average molecular weight is 272 g/mol. The summed E-state index contributed by atoms with van der Waals surface area (Å²) in [4.78, 5) is 0. The normalized spacial score (nSPS) is 12.8. The molecule has 0 bridgehead atoms. The van der Waals surface area contributed by atoms with Crippen molar-refractivity contribution in [3.05, 3.63) is 70.0 Å². The molecule has 0 saturated carbocycles. The maximum atomic E-state index is 14.1. The van der Waals surface area contributed by atoms with Crippen molar-refractivity contribution in [1.29, 1.82) is 0 Å². The van der Waals surface area contributed by atoms with Gasteiger partial charge in [-0.15, -0.1) is 0 Å². The van der Waals surface area contributed by atoms with Crippen LogP contribution in [0, 0.1) is 19.7 Å². The van der Waals surface area contributed by atoms with E-state index in [0.29, 0.717) is 11.5 Å². The molecular formula is C18H21FO. The van der Waals surface area contributed by atoms with E-state index in [2.05, 4.69) is 13.8 Å². The summed E-state index contributed by atoms with van der Waals surface area (Å²) in [6.45, 7) is 7.92. The van der Waals surface area contributed by atoms with Crippen LogP contribution in [-0.4, -0.2) is 5.11 Å². The summed E-state index contributed by atoms with van der Waals surface area (Å²) in [6, 6.07) is 11.1. The number of aryl methyl sites for hydroxylation is 2. The predicted octanol–water partition coefficient (Wildman–Crippen LogP) is 4.65. The van der Waals surface area contributed by atoms with Gasteiger partial charge in [-0.25, -0.2) is 4.39 Å². The van der Waals surface area contributed by atoms with Gasteiger partial charge in [0.15, 0.2) is 0 Å². The van der Waals surface area contributed by atoms with Crippen molar-refractivity contribution in [3.63, 3.8) is 0 Å². The topological polar surface area (TPSA) is 20.2 Å². The Balaban J connectivity index is 2.38. The van der Waals surface area contributed by atoms with Crippen LogP contribution in [0.1, 0.15) is 53.7 Å². The summed E-state index contributed by atoms with van der Waals surface area (Å²) < 4.78 is 14.1. The zero-order valence-electron chi connectivity index (χ0n) is 12.4. The van der Waals surface area contributed by atoms with Crippen LogP contribution in [0.5, 0.6) is 0 Å². The molecule has 0 aliphatic carbocycles. The number of aliphatic hydroxyl groups is 1. The molecule has 0 fully saturated rings. The summed E-state index contributed by atoms with van der Waals surface area (Å²) >= 11 is 0. The number of hydrogen-bond acceptors (Lipinski definition) is 1. The van der Waals surface area contributed by atoms with Crippen LogP contribution in [0.4, 0.5) is 4.39 Å². The van der Waals surface area contributed by atoms with Gasteiger partial charge in [0.05, 0.1) is 0 Å². The van der Waals surface area contributed by atoms with Crippen molar-refractivity contribution < 1.29 is 9.50 Å². The number of hydrogen-bond donors (Lipinski definition) is 1. The SMILES string of the molecule is Cc1cc(C)c(C(O)c2ccc(C(C)C)cc2)c(F)c1. The lowest BCUT2D eigenvalue weighted by Crippen LogP contribution is -2.06.